The van der Waals surface area contributed by atoms with Gasteiger partial charge >= 0.3 is 5.69 Å². The molecule has 0 saturated heterocycles. The molecule has 0 aliphatic heterocycles. The van der Waals surface area contributed by atoms with Gasteiger partial charge in [0.1, 0.15) is 11.4 Å². The molecular weight excluding hydrogens is 426 g/mol. The van der Waals surface area contributed by atoms with Gasteiger partial charge in [0.2, 0.25) is 0 Å². The Balaban J connectivity index is 1.99. The molecule has 1 N–H and O–H groups in total. The van der Waals surface area contributed by atoms with E-state index in [2.05, 4.69) is 29.1 Å². The van der Waals surface area contributed by atoms with E-state index in [1.807, 2.05) is 66.7 Å². The van der Waals surface area contributed by atoms with Crippen molar-refractivity contribution in [3.05, 3.63) is 104 Å². The third-order valence-electron chi connectivity index (χ3n) is 5.33. The summed E-state index contributed by atoms with van der Waals surface area (Å²) < 4.78 is 2.36. The van der Waals surface area contributed by atoms with Crippen molar-refractivity contribution in [2.24, 2.45) is 14.1 Å². The molecule has 0 aliphatic rings. The van der Waals surface area contributed by atoms with E-state index in [4.69, 9.17) is 4.98 Å². The summed E-state index contributed by atoms with van der Waals surface area (Å²) in [5, 5.41) is 3.44. The van der Waals surface area contributed by atoms with Crippen molar-refractivity contribution in [3.63, 3.8) is 0 Å². The van der Waals surface area contributed by atoms with Crippen molar-refractivity contribution in [3.8, 4) is 11.8 Å². The molecule has 0 amide bonds. The molecule has 4 rings (SSSR count). The topological polar surface area (TPSA) is 81.8 Å². The highest BCUT2D eigenvalue weighted by Gasteiger charge is 2.15. The zero-order valence-electron chi connectivity index (χ0n) is 19.4. The van der Waals surface area contributed by atoms with Crippen LogP contribution >= 0.6 is 0 Å². The Morgan fingerprint density at radius 2 is 1.62 bits per heavy atom. The third kappa shape index (κ3) is 4.66. The minimum Gasteiger partial charge on any atom is -0.385 e. The first-order valence-electron chi connectivity index (χ1n) is 11.1. The normalized spacial score (nSPS) is 11.2. The number of hydrogen-bond donors (Lipinski definition) is 1. The highest BCUT2D eigenvalue weighted by molar-refractivity contribution is 5.82. The van der Waals surface area contributed by atoms with E-state index in [0.717, 1.165) is 34.4 Å². The number of hydrogen-bond acceptors (Lipinski definition) is 5. The number of nitrogens with one attached hydrogen (secondary N) is 1. The first kappa shape index (κ1) is 22.7. The summed E-state index contributed by atoms with van der Waals surface area (Å²) in [5.41, 5.74) is 2.84. The molecule has 0 saturated carbocycles. The minimum absolute atomic E-state index is 0.0990. The van der Waals surface area contributed by atoms with Crippen molar-refractivity contribution < 1.29 is 0 Å². The number of rotatable bonds is 5. The van der Waals surface area contributed by atoms with E-state index in [-0.39, 0.29) is 11.2 Å². The standard InChI is InChI=1S/C27H25N5O2/c1-4-17-28-22(20-13-9-6-10-14-20)18-23-21(16-15-19-11-7-5-8-12-19)29-24-25(30-23)31(2)27(34)32(3)26(24)33/h5-14,18,28H,4,17H2,1-3H3/b22-18-. The SMILES string of the molecule is CCCN/C(=C\c1nc2c(nc1C#Cc1ccccc1)c(=O)n(C)c(=O)n2C)c1ccccc1. The zero-order valence-corrected chi connectivity index (χ0v) is 19.4. The lowest BCUT2D eigenvalue weighted by Crippen LogP contribution is -2.38. The molecule has 7 nitrogen and oxygen atoms in total. The number of fused-ring (bicyclic) bond motifs is 1. The molecule has 170 valence electrons. The summed E-state index contributed by atoms with van der Waals surface area (Å²) in [4.78, 5) is 34.6. The van der Waals surface area contributed by atoms with Gasteiger partial charge in [-0.1, -0.05) is 61.4 Å². The lowest BCUT2D eigenvalue weighted by molar-refractivity contribution is 0.703. The van der Waals surface area contributed by atoms with Crippen LogP contribution in [0.3, 0.4) is 0 Å². The first-order chi connectivity index (χ1) is 16.5. The van der Waals surface area contributed by atoms with Crippen molar-refractivity contribution in [2.75, 3.05) is 6.54 Å². The average molecular weight is 452 g/mol. The third-order valence-corrected chi connectivity index (χ3v) is 5.33. The molecule has 0 spiro atoms. The number of benzene rings is 2. The molecule has 0 unspecified atom stereocenters. The Labute approximate surface area is 197 Å². The quantitative estimate of drug-likeness (QED) is 0.472. The summed E-state index contributed by atoms with van der Waals surface area (Å²) in [6.07, 6.45) is 2.81. The molecular formula is C27H25N5O2. The largest absolute Gasteiger partial charge is 0.385 e. The fraction of sp³-hybridized carbons (Fsp3) is 0.185. The molecule has 7 heteroatoms. The van der Waals surface area contributed by atoms with E-state index in [9.17, 15) is 9.59 Å². The van der Waals surface area contributed by atoms with Gasteiger partial charge < -0.3 is 5.32 Å². The Bertz CT molecular complexity index is 1540. The van der Waals surface area contributed by atoms with E-state index in [1.54, 1.807) is 7.05 Å². The fourth-order valence-corrected chi connectivity index (χ4v) is 3.47. The maximum atomic E-state index is 12.8. The summed E-state index contributed by atoms with van der Waals surface area (Å²) >= 11 is 0. The Hall–Kier alpha value is -4.44. The van der Waals surface area contributed by atoms with Gasteiger partial charge in [0, 0.05) is 31.9 Å². The smallest absolute Gasteiger partial charge is 0.332 e. The molecule has 0 aliphatic carbocycles. The second kappa shape index (κ2) is 10.0. The summed E-state index contributed by atoms with van der Waals surface area (Å²) in [5.74, 6) is 6.19. The Morgan fingerprint density at radius 3 is 2.29 bits per heavy atom. The highest BCUT2D eigenvalue weighted by Crippen LogP contribution is 2.18. The van der Waals surface area contributed by atoms with Gasteiger partial charge in [-0.05, 0) is 36.1 Å². The van der Waals surface area contributed by atoms with Crippen LogP contribution < -0.4 is 16.6 Å². The molecule has 0 atom stereocenters. The molecule has 34 heavy (non-hydrogen) atoms. The van der Waals surface area contributed by atoms with Crippen LogP contribution in [0, 0.1) is 11.8 Å². The van der Waals surface area contributed by atoms with E-state index >= 15 is 0 Å². The van der Waals surface area contributed by atoms with Crippen LogP contribution in [0.1, 0.15) is 35.9 Å². The van der Waals surface area contributed by atoms with Gasteiger partial charge in [0.25, 0.3) is 5.56 Å². The maximum Gasteiger partial charge on any atom is 0.332 e. The van der Waals surface area contributed by atoms with Crippen LogP contribution in [-0.2, 0) is 14.1 Å². The summed E-state index contributed by atoms with van der Waals surface area (Å²) in [7, 11) is 3.01. The number of nitrogens with zero attached hydrogens (tertiary/aromatic N) is 4. The van der Waals surface area contributed by atoms with Crippen molar-refractivity contribution >= 4 is 22.9 Å². The minimum atomic E-state index is -0.503. The van der Waals surface area contributed by atoms with Crippen LogP contribution in [0.5, 0.6) is 0 Å². The van der Waals surface area contributed by atoms with Crippen LogP contribution in [-0.4, -0.2) is 25.6 Å². The molecule has 2 aromatic carbocycles. The van der Waals surface area contributed by atoms with Gasteiger partial charge in [-0.3, -0.25) is 13.9 Å². The van der Waals surface area contributed by atoms with E-state index in [0.29, 0.717) is 11.4 Å². The predicted molar refractivity (Wildman–Crippen MR) is 135 cm³/mol. The van der Waals surface area contributed by atoms with Crippen LogP contribution in [0.15, 0.2) is 70.3 Å². The predicted octanol–water partition coefficient (Wildman–Crippen LogP) is 2.92. The van der Waals surface area contributed by atoms with Crippen LogP contribution in [0.4, 0.5) is 0 Å². The molecule has 0 fully saturated rings. The van der Waals surface area contributed by atoms with Crippen LogP contribution in [0.25, 0.3) is 22.9 Å². The van der Waals surface area contributed by atoms with Gasteiger partial charge in [-0.2, -0.15) is 0 Å². The van der Waals surface area contributed by atoms with E-state index < -0.39 is 11.2 Å². The second-order valence-corrected chi connectivity index (χ2v) is 7.80. The monoisotopic (exact) mass is 451 g/mol. The maximum absolute atomic E-state index is 12.8. The van der Waals surface area contributed by atoms with Crippen LogP contribution in [0.2, 0.25) is 0 Å². The van der Waals surface area contributed by atoms with Crippen molar-refractivity contribution in [1.82, 2.24) is 24.4 Å². The van der Waals surface area contributed by atoms with Gasteiger partial charge in [-0.15, -0.1) is 0 Å². The molecule has 2 aromatic heterocycles. The average Bonchev–Trinajstić information content (AvgIpc) is 2.88. The molecule has 2 heterocycles. The number of aromatic nitrogens is 4. The lowest BCUT2D eigenvalue weighted by Gasteiger charge is -2.12. The lowest BCUT2D eigenvalue weighted by atomic mass is 10.1. The van der Waals surface area contributed by atoms with Gasteiger partial charge in [-0.25, -0.2) is 14.8 Å². The second-order valence-electron chi connectivity index (χ2n) is 7.80. The summed E-state index contributed by atoms with van der Waals surface area (Å²) in [6.45, 7) is 2.86. The Kier molecular flexibility index (Phi) is 6.69. The number of aryl methyl sites for hydroxylation is 1. The molecule has 4 aromatic rings. The molecule has 0 bridgehead atoms. The van der Waals surface area contributed by atoms with Crippen molar-refractivity contribution in [2.45, 2.75) is 13.3 Å². The molecule has 0 radical (unpaired) electrons. The first-order valence-corrected chi connectivity index (χ1v) is 11.1. The Morgan fingerprint density at radius 1 is 0.941 bits per heavy atom. The zero-order chi connectivity index (χ0) is 24.1. The van der Waals surface area contributed by atoms with Gasteiger partial charge in [0.05, 0.1) is 0 Å². The highest BCUT2D eigenvalue weighted by atomic mass is 16.2. The fourth-order valence-electron chi connectivity index (χ4n) is 3.47. The van der Waals surface area contributed by atoms with Gasteiger partial charge in [0.15, 0.2) is 11.2 Å². The van der Waals surface area contributed by atoms with E-state index in [1.165, 1.54) is 11.6 Å². The summed E-state index contributed by atoms with van der Waals surface area (Å²) in [6, 6.07) is 19.4. The van der Waals surface area contributed by atoms with Crippen molar-refractivity contribution in [1.29, 1.82) is 0 Å².